The highest BCUT2D eigenvalue weighted by Crippen LogP contribution is 2.07. The van der Waals surface area contributed by atoms with E-state index in [0.717, 1.165) is 25.4 Å². The zero-order valence-electron chi connectivity index (χ0n) is 9.97. The molecule has 1 atom stereocenters. The summed E-state index contributed by atoms with van der Waals surface area (Å²) in [4.78, 5) is 0. The molecule has 0 aromatic carbocycles. The van der Waals surface area contributed by atoms with Crippen LogP contribution >= 0.6 is 0 Å². The predicted octanol–water partition coefficient (Wildman–Crippen LogP) is 2.07. The SMILES string of the molecule is CCCNCC(C)NCc1ccoc1C. The molecule has 1 heterocycles. The molecule has 0 radical (unpaired) electrons. The first-order chi connectivity index (χ1) is 7.24. The van der Waals surface area contributed by atoms with E-state index in [-0.39, 0.29) is 0 Å². The molecule has 2 N–H and O–H groups in total. The Morgan fingerprint density at radius 1 is 1.47 bits per heavy atom. The Balaban J connectivity index is 2.16. The van der Waals surface area contributed by atoms with E-state index in [9.17, 15) is 0 Å². The van der Waals surface area contributed by atoms with Gasteiger partial charge < -0.3 is 15.1 Å². The average molecular weight is 210 g/mol. The van der Waals surface area contributed by atoms with E-state index >= 15 is 0 Å². The molecular formula is C12H22N2O. The number of nitrogens with one attached hydrogen (secondary N) is 2. The molecule has 86 valence electrons. The summed E-state index contributed by atoms with van der Waals surface area (Å²) in [6, 6.07) is 2.51. The zero-order chi connectivity index (χ0) is 11.1. The Hall–Kier alpha value is -0.800. The van der Waals surface area contributed by atoms with E-state index in [1.807, 2.05) is 13.0 Å². The van der Waals surface area contributed by atoms with Gasteiger partial charge in [-0.2, -0.15) is 0 Å². The Bertz CT molecular complexity index is 270. The third-order valence-corrected chi connectivity index (χ3v) is 2.48. The Morgan fingerprint density at radius 3 is 2.87 bits per heavy atom. The summed E-state index contributed by atoms with van der Waals surface area (Å²) >= 11 is 0. The van der Waals surface area contributed by atoms with E-state index in [1.165, 1.54) is 12.0 Å². The highest BCUT2D eigenvalue weighted by Gasteiger charge is 2.03. The topological polar surface area (TPSA) is 37.2 Å². The summed E-state index contributed by atoms with van der Waals surface area (Å²) in [6.07, 6.45) is 2.93. The molecule has 1 aromatic rings. The van der Waals surface area contributed by atoms with Gasteiger partial charge in [-0.05, 0) is 32.9 Å². The normalized spacial score (nSPS) is 13.0. The van der Waals surface area contributed by atoms with Crippen LogP contribution in [-0.4, -0.2) is 19.1 Å². The third kappa shape index (κ3) is 4.49. The van der Waals surface area contributed by atoms with Crippen LogP contribution in [-0.2, 0) is 6.54 Å². The standard InChI is InChI=1S/C12H22N2O/c1-4-6-13-8-10(2)14-9-12-5-7-15-11(12)3/h5,7,10,13-14H,4,6,8-9H2,1-3H3. The summed E-state index contributed by atoms with van der Waals surface area (Å²) in [7, 11) is 0. The van der Waals surface area contributed by atoms with Gasteiger partial charge in [-0.25, -0.2) is 0 Å². The molecule has 0 saturated carbocycles. The highest BCUT2D eigenvalue weighted by molar-refractivity contribution is 5.14. The lowest BCUT2D eigenvalue weighted by Gasteiger charge is -2.13. The average Bonchev–Trinajstić information content (AvgIpc) is 2.61. The fourth-order valence-electron chi connectivity index (χ4n) is 1.45. The lowest BCUT2D eigenvalue weighted by Crippen LogP contribution is -2.36. The first kappa shape index (κ1) is 12.3. The van der Waals surface area contributed by atoms with Crippen molar-refractivity contribution in [2.45, 2.75) is 39.8 Å². The molecule has 0 aliphatic carbocycles. The highest BCUT2D eigenvalue weighted by atomic mass is 16.3. The quantitative estimate of drug-likeness (QED) is 0.676. The van der Waals surface area contributed by atoms with Gasteiger partial charge >= 0.3 is 0 Å². The van der Waals surface area contributed by atoms with Crippen molar-refractivity contribution in [1.82, 2.24) is 10.6 Å². The van der Waals surface area contributed by atoms with Crippen molar-refractivity contribution in [1.29, 1.82) is 0 Å². The molecule has 15 heavy (non-hydrogen) atoms. The van der Waals surface area contributed by atoms with Crippen LogP contribution < -0.4 is 10.6 Å². The number of furan rings is 1. The molecule has 0 spiro atoms. The van der Waals surface area contributed by atoms with E-state index in [4.69, 9.17) is 4.42 Å². The smallest absolute Gasteiger partial charge is 0.105 e. The van der Waals surface area contributed by atoms with E-state index in [0.29, 0.717) is 6.04 Å². The van der Waals surface area contributed by atoms with Crippen LogP contribution in [0.4, 0.5) is 0 Å². The maximum absolute atomic E-state index is 5.24. The van der Waals surface area contributed by atoms with Crippen LogP contribution in [0.5, 0.6) is 0 Å². The molecule has 1 unspecified atom stereocenters. The fraction of sp³-hybridized carbons (Fsp3) is 0.667. The summed E-state index contributed by atoms with van der Waals surface area (Å²) in [5.41, 5.74) is 1.25. The predicted molar refractivity (Wildman–Crippen MR) is 62.9 cm³/mol. The van der Waals surface area contributed by atoms with Gasteiger partial charge in [-0.1, -0.05) is 6.92 Å². The van der Waals surface area contributed by atoms with Crippen LogP contribution in [0.25, 0.3) is 0 Å². The van der Waals surface area contributed by atoms with Gasteiger partial charge in [-0.15, -0.1) is 0 Å². The number of aryl methyl sites for hydroxylation is 1. The second kappa shape index (κ2) is 6.64. The Kier molecular flexibility index (Phi) is 5.43. The lowest BCUT2D eigenvalue weighted by atomic mass is 10.2. The van der Waals surface area contributed by atoms with Gasteiger partial charge in [0.25, 0.3) is 0 Å². The molecule has 0 bridgehead atoms. The van der Waals surface area contributed by atoms with Crippen molar-refractivity contribution in [2.24, 2.45) is 0 Å². The maximum atomic E-state index is 5.24. The molecule has 1 aromatic heterocycles. The van der Waals surface area contributed by atoms with Gasteiger partial charge in [-0.3, -0.25) is 0 Å². The first-order valence-corrected chi connectivity index (χ1v) is 5.71. The molecule has 1 rings (SSSR count). The van der Waals surface area contributed by atoms with Crippen LogP contribution in [0, 0.1) is 6.92 Å². The van der Waals surface area contributed by atoms with Gasteiger partial charge in [0.2, 0.25) is 0 Å². The molecular weight excluding hydrogens is 188 g/mol. The van der Waals surface area contributed by atoms with Crippen LogP contribution in [0.3, 0.4) is 0 Å². The van der Waals surface area contributed by atoms with Crippen molar-refractivity contribution in [3.8, 4) is 0 Å². The minimum atomic E-state index is 0.492. The maximum Gasteiger partial charge on any atom is 0.105 e. The Morgan fingerprint density at radius 2 is 2.27 bits per heavy atom. The van der Waals surface area contributed by atoms with Gasteiger partial charge in [0.15, 0.2) is 0 Å². The third-order valence-electron chi connectivity index (χ3n) is 2.48. The zero-order valence-corrected chi connectivity index (χ0v) is 9.97. The largest absolute Gasteiger partial charge is 0.469 e. The second-order valence-corrected chi connectivity index (χ2v) is 3.99. The number of hydrogen-bond acceptors (Lipinski definition) is 3. The van der Waals surface area contributed by atoms with Crippen molar-refractivity contribution < 1.29 is 4.42 Å². The Labute approximate surface area is 92.2 Å². The van der Waals surface area contributed by atoms with Crippen LogP contribution in [0.15, 0.2) is 16.7 Å². The minimum absolute atomic E-state index is 0.492. The van der Waals surface area contributed by atoms with Gasteiger partial charge in [0, 0.05) is 24.7 Å². The minimum Gasteiger partial charge on any atom is -0.469 e. The van der Waals surface area contributed by atoms with Crippen molar-refractivity contribution in [3.63, 3.8) is 0 Å². The molecule has 0 aliphatic heterocycles. The summed E-state index contributed by atoms with van der Waals surface area (Å²) in [5, 5.41) is 6.86. The molecule has 3 nitrogen and oxygen atoms in total. The molecule has 0 saturated heterocycles. The summed E-state index contributed by atoms with van der Waals surface area (Å²) in [5.74, 6) is 1.01. The van der Waals surface area contributed by atoms with E-state index < -0.39 is 0 Å². The first-order valence-electron chi connectivity index (χ1n) is 5.71. The lowest BCUT2D eigenvalue weighted by molar-refractivity contribution is 0.491. The number of hydrogen-bond donors (Lipinski definition) is 2. The van der Waals surface area contributed by atoms with Gasteiger partial charge in [0.1, 0.15) is 5.76 Å². The van der Waals surface area contributed by atoms with E-state index in [2.05, 4.69) is 24.5 Å². The molecule has 0 fully saturated rings. The van der Waals surface area contributed by atoms with Crippen LogP contribution in [0.1, 0.15) is 31.6 Å². The van der Waals surface area contributed by atoms with Crippen LogP contribution in [0.2, 0.25) is 0 Å². The molecule has 3 heteroatoms. The molecule has 0 aliphatic rings. The number of rotatable bonds is 7. The fourth-order valence-corrected chi connectivity index (χ4v) is 1.45. The van der Waals surface area contributed by atoms with Crippen molar-refractivity contribution in [3.05, 3.63) is 23.7 Å². The summed E-state index contributed by atoms with van der Waals surface area (Å²) in [6.45, 7) is 9.37. The van der Waals surface area contributed by atoms with Gasteiger partial charge in [0.05, 0.1) is 6.26 Å². The van der Waals surface area contributed by atoms with Crippen molar-refractivity contribution in [2.75, 3.05) is 13.1 Å². The van der Waals surface area contributed by atoms with Crippen molar-refractivity contribution >= 4 is 0 Å². The van der Waals surface area contributed by atoms with E-state index in [1.54, 1.807) is 6.26 Å². The second-order valence-electron chi connectivity index (χ2n) is 3.99. The summed E-state index contributed by atoms with van der Waals surface area (Å²) < 4.78 is 5.24. The molecule has 0 amide bonds. The monoisotopic (exact) mass is 210 g/mol.